The SMILES string of the molecule is [2H]c1c(C)oc2cc(CC(C)(C)C)ccc12. The lowest BCUT2D eigenvalue weighted by Crippen LogP contribution is -2.08. The second-order valence-electron chi connectivity index (χ2n) is 5.35. The summed E-state index contributed by atoms with van der Waals surface area (Å²) in [6, 6.07) is 6.67. The molecule has 0 saturated heterocycles. The normalized spacial score (nSPS) is 13.2. The maximum atomic E-state index is 7.82. The molecule has 0 amide bonds. The van der Waals surface area contributed by atoms with Gasteiger partial charge in [-0.25, -0.2) is 0 Å². The number of fused-ring (bicyclic) bond motifs is 1. The van der Waals surface area contributed by atoms with E-state index in [1.807, 2.05) is 13.0 Å². The number of furan rings is 1. The lowest BCUT2D eigenvalue weighted by Gasteiger charge is -2.17. The molecule has 0 unspecified atom stereocenters. The van der Waals surface area contributed by atoms with Gasteiger partial charge in [-0.3, -0.25) is 0 Å². The average molecular weight is 203 g/mol. The molecule has 0 saturated carbocycles. The molecule has 1 aromatic heterocycles. The molecule has 0 aliphatic heterocycles. The van der Waals surface area contributed by atoms with Gasteiger partial charge in [0.1, 0.15) is 11.3 Å². The summed E-state index contributed by atoms with van der Waals surface area (Å²) >= 11 is 0. The van der Waals surface area contributed by atoms with E-state index in [2.05, 4.69) is 32.9 Å². The first-order chi connectivity index (χ1) is 7.37. The fourth-order valence-electron chi connectivity index (χ4n) is 1.86. The van der Waals surface area contributed by atoms with E-state index >= 15 is 0 Å². The van der Waals surface area contributed by atoms with Crippen molar-refractivity contribution in [1.82, 2.24) is 0 Å². The zero-order valence-corrected chi connectivity index (χ0v) is 9.85. The van der Waals surface area contributed by atoms with Crippen LogP contribution in [0.25, 0.3) is 11.0 Å². The maximum Gasteiger partial charge on any atom is 0.134 e. The van der Waals surface area contributed by atoms with Gasteiger partial charge in [0.15, 0.2) is 0 Å². The van der Waals surface area contributed by atoms with Gasteiger partial charge in [-0.05, 0) is 36.4 Å². The van der Waals surface area contributed by atoms with E-state index in [0.29, 0.717) is 11.8 Å². The molecule has 1 heterocycles. The molecule has 0 spiro atoms. The summed E-state index contributed by atoms with van der Waals surface area (Å²) in [6.45, 7) is 8.51. The second kappa shape index (κ2) is 3.41. The first kappa shape index (κ1) is 9.02. The molecule has 1 nitrogen and oxygen atoms in total. The first-order valence-corrected chi connectivity index (χ1v) is 5.35. The van der Waals surface area contributed by atoms with Crippen LogP contribution in [0.1, 0.15) is 33.5 Å². The summed E-state index contributed by atoms with van der Waals surface area (Å²) < 4.78 is 13.4. The van der Waals surface area contributed by atoms with Crippen LogP contribution in [0.4, 0.5) is 0 Å². The maximum absolute atomic E-state index is 7.82. The van der Waals surface area contributed by atoms with Crippen LogP contribution in [0.3, 0.4) is 0 Å². The quantitative estimate of drug-likeness (QED) is 0.672. The zero-order valence-electron chi connectivity index (χ0n) is 10.8. The van der Waals surface area contributed by atoms with Gasteiger partial charge in [-0.2, -0.15) is 0 Å². The van der Waals surface area contributed by atoms with Crippen molar-refractivity contribution in [3.63, 3.8) is 0 Å². The Morgan fingerprint density at radius 2 is 2.07 bits per heavy atom. The molecular weight excluding hydrogens is 184 g/mol. The van der Waals surface area contributed by atoms with E-state index < -0.39 is 0 Å². The van der Waals surface area contributed by atoms with Crippen LogP contribution in [0, 0.1) is 12.3 Å². The van der Waals surface area contributed by atoms with Gasteiger partial charge >= 0.3 is 0 Å². The molecule has 0 fully saturated rings. The van der Waals surface area contributed by atoms with Gasteiger partial charge in [0.05, 0.1) is 1.37 Å². The number of hydrogen-bond donors (Lipinski definition) is 0. The minimum atomic E-state index is 0.277. The molecule has 0 N–H and O–H groups in total. The minimum absolute atomic E-state index is 0.277. The summed E-state index contributed by atoms with van der Waals surface area (Å²) in [4.78, 5) is 0. The van der Waals surface area contributed by atoms with Crippen molar-refractivity contribution in [2.45, 2.75) is 34.1 Å². The predicted octanol–water partition coefficient (Wildman–Crippen LogP) is 4.33. The van der Waals surface area contributed by atoms with Gasteiger partial charge in [-0.1, -0.05) is 32.9 Å². The Kier molecular flexibility index (Phi) is 2.05. The Morgan fingerprint density at radius 3 is 2.73 bits per heavy atom. The number of hydrogen-bond acceptors (Lipinski definition) is 1. The van der Waals surface area contributed by atoms with E-state index in [1.54, 1.807) is 0 Å². The zero-order chi connectivity index (χ0) is 11.9. The van der Waals surface area contributed by atoms with Crippen LogP contribution >= 0.6 is 0 Å². The second-order valence-corrected chi connectivity index (χ2v) is 5.35. The molecule has 1 heteroatoms. The summed E-state index contributed by atoms with van der Waals surface area (Å²) in [5, 5.41) is 0.912. The number of aryl methyl sites for hydroxylation is 1. The van der Waals surface area contributed by atoms with Gasteiger partial charge in [0.25, 0.3) is 0 Å². The molecule has 2 aromatic rings. The summed E-state index contributed by atoms with van der Waals surface area (Å²) in [6.07, 6.45) is 1.02. The van der Waals surface area contributed by atoms with Crippen LogP contribution in [0.15, 0.2) is 28.7 Å². The smallest absolute Gasteiger partial charge is 0.134 e. The van der Waals surface area contributed by atoms with E-state index in [1.165, 1.54) is 5.56 Å². The molecule has 80 valence electrons. The van der Waals surface area contributed by atoms with E-state index in [-0.39, 0.29) is 5.41 Å². The van der Waals surface area contributed by atoms with Crippen molar-refractivity contribution >= 4 is 11.0 Å². The Balaban J connectivity index is 2.45. The van der Waals surface area contributed by atoms with Gasteiger partial charge < -0.3 is 4.42 Å². The van der Waals surface area contributed by atoms with Gasteiger partial charge in [-0.15, -0.1) is 0 Å². The highest BCUT2D eigenvalue weighted by molar-refractivity contribution is 5.78. The third-order valence-electron chi connectivity index (χ3n) is 2.35. The highest BCUT2D eigenvalue weighted by atomic mass is 16.3. The van der Waals surface area contributed by atoms with Crippen molar-refractivity contribution < 1.29 is 5.79 Å². The molecular formula is C14H18O. The molecule has 0 atom stereocenters. The topological polar surface area (TPSA) is 13.1 Å². The molecule has 0 bridgehead atoms. The fraction of sp³-hybridized carbons (Fsp3) is 0.429. The van der Waals surface area contributed by atoms with Crippen molar-refractivity contribution in [2.75, 3.05) is 0 Å². The third-order valence-corrected chi connectivity index (χ3v) is 2.35. The highest BCUT2D eigenvalue weighted by Gasteiger charge is 2.12. The molecule has 2 rings (SSSR count). The summed E-state index contributed by atoms with van der Waals surface area (Å²) in [5.41, 5.74) is 2.39. The van der Waals surface area contributed by atoms with Crippen molar-refractivity contribution in [2.24, 2.45) is 5.41 Å². The van der Waals surface area contributed by atoms with Gasteiger partial charge in [0, 0.05) is 5.39 Å². The standard InChI is InChI=1S/C14H18O/c1-10-7-12-6-5-11(8-13(12)15-10)9-14(2,3)4/h5-8H,9H2,1-4H3/i7D. The van der Waals surface area contributed by atoms with Crippen molar-refractivity contribution in [1.29, 1.82) is 0 Å². The van der Waals surface area contributed by atoms with E-state index in [0.717, 1.165) is 17.4 Å². The van der Waals surface area contributed by atoms with Crippen LogP contribution < -0.4 is 0 Å². The average Bonchev–Trinajstić information content (AvgIpc) is 2.40. The monoisotopic (exact) mass is 203 g/mol. The van der Waals surface area contributed by atoms with Crippen molar-refractivity contribution in [3.05, 3.63) is 35.6 Å². The van der Waals surface area contributed by atoms with Crippen LogP contribution in [0.5, 0.6) is 0 Å². The Bertz CT molecular complexity index is 517. The predicted molar refractivity (Wildman–Crippen MR) is 64.1 cm³/mol. The van der Waals surface area contributed by atoms with Gasteiger partial charge in [0.2, 0.25) is 0 Å². The summed E-state index contributed by atoms with van der Waals surface area (Å²) in [5.74, 6) is 0.697. The van der Waals surface area contributed by atoms with E-state index in [4.69, 9.17) is 5.79 Å². The minimum Gasteiger partial charge on any atom is -0.461 e. The van der Waals surface area contributed by atoms with Crippen LogP contribution in [-0.2, 0) is 6.42 Å². The number of benzene rings is 1. The lowest BCUT2D eigenvalue weighted by atomic mass is 9.88. The number of rotatable bonds is 1. The lowest BCUT2D eigenvalue weighted by molar-refractivity contribution is 0.411. The molecule has 15 heavy (non-hydrogen) atoms. The Labute approximate surface area is 92.5 Å². The largest absolute Gasteiger partial charge is 0.461 e. The Morgan fingerprint density at radius 1 is 1.33 bits per heavy atom. The fourth-order valence-corrected chi connectivity index (χ4v) is 1.86. The molecule has 0 aliphatic carbocycles. The third kappa shape index (κ3) is 2.41. The first-order valence-electron chi connectivity index (χ1n) is 5.85. The highest BCUT2D eigenvalue weighted by Crippen LogP contribution is 2.25. The Hall–Kier alpha value is -1.24. The van der Waals surface area contributed by atoms with Crippen LogP contribution in [0.2, 0.25) is 0 Å². The molecule has 0 radical (unpaired) electrons. The van der Waals surface area contributed by atoms with E-state index in [9.17, 15) is 0 Å². The van der Waals surface area contributed by atoms with Crippen LogP contribution in [-0.4, -0.2) is 0 Å². The molecule has 1 aromatic carbocycles. The summed E-state index contributed by atoms with van der Waals surface area (Å²) in [7, 11) is 0. The molecule has 0 aliphatic rings. The van der Waals surface area contributed by atoms with Crippen molar-refractivity contribution in [3.8, 4) is 0 Å².